The Morgan fingerprint density at radius 1 is 1.36 bits per heavy atom. The van der Waals surface area contributed by atoms with E-state index in [1.807, 2.05) is 6.07 Å². The van der Waals surface area contributed by atoms with Crippen LogP contribution in [0.5, 0.6) is 0 Å². The fourth-order valence-electron chi connectivity index (χ4n) is 1.97. The minimum absolute atomic E-state index is 0.181. The van der Waals surface area contributed by atoms with Crippen molar-refractivity contribution in [1.82, 2.24) is 0 Å². The second-order valence-electron chi connectivity index (χ2n) is 3.75. The number of benzene rings is 1. The highest BCUT2D eigenvalue weighted by molar-refractivity contribution is 5.46. The van der Waals surface area contributed by atoms with Gasteiger partial charge in [-0.25, -0.2) is 8.78 Å². The SMILES string of the molecule is Cc1cc(C#N)cc2c1CC(F)(F)C2. The van der Waals surface area contributed by atoms with Gasteiger partial charge in [-0.2, -0.15) is 5.26 Å². The Morgan fingerprint density at radius 3 is 2.71 bits per heavy atom. The molecule has 0 saturated heterocycles. The van der Waals surface area contributed by atoms with Crippen molar-refractivity contribution in [2.45, 2.75) is 25.7 Å². The first kappa shape index (κ1) is 9.14. The van der Waals surface area contributed by atoms with E-state index in [-0.39, 0.29) is 12.8 Å². The van der Waals surface area contributed by atoms with Gasteiger partial charge in [-0.1, -0.05) is 0 Å². The molecule has 1 aromatic carbocycles. The first-order valence-corrected chi connectivity index (χ1v) is 4.42. The molecule has 1 nitrogen and oxygen atoms in total. The fraction of sp³-hybridized carbons (Fsp3) is 0.364. The molecule has 1 aliphatic rings. The number of nitriles is 1. The van der Waals surface area contributed by atoms with Gasteiger partial charge >= 0.3 is 0 Å². The molecule has 0 spiro atoms. The van der Waals surface area contributed by atoms with Gasteiger partial charge in [0.25, 0.3) is 5.92 Å². The molecule has 14 heavy (non-hydrogen) atoms. The van der Waals surface area contributed by atoms with Gasteiger partial charge < -0.3 is 0 Å². The van der Waals surface area contributed by atoms with Crippen molar-refractivity contribution in [2.75, 3.05) is 0 Å². The van der Waals surface area contributed by atoms with Gasteiger partial charge in [-0.05, 0) is 35.7 Å². The second kappa shape index (κ2) is 2.78. The van der Waals surface area contributed by atoms with E-state index >= 15 is 0 Å². The normalized spacial score (nSPS) is 17.6. The maximum atomic E-state index is 13.1. The van der Waals surface area contributed by atoms with Gasteiger partial charge in [-0.3, -0.25) is 0 Å². The summed E-state index contributed by atoms with van der Waals surface area (Å²) in [5, 5.41) is 8.69. The van der Waals surface area contributed by atoms with Gasteiger partial charge in [0.15, 0.2) is 0 Å². The Kier molecular flexibility index (Phi) is 1.81. The lowest BCUT2D eigenvalue weighted by Gasteiger charge is -2.05. The molecule has 3 heteroatoms. The third-order valence-electron chi connectivity index (χ3n) is 2.58. The molecule has 0 bridgehead atoms. The van der Waals surface area contributed by atoms with Crippen LogP contribution in [0.15, 0.2) is 12.1 Å². The lowest BCUT2D eigenvalue weighted by molar-refractivity contribution is 0.0129. The molecule has 0 radical (unpaired) electrons. The molecule has 0 heterocycles. The number of aryl methyl sites for hydroxylation is 1. The summed E-state index contributed by atoms with van der Waals surface area (Å²) in [6.07, 6.45) is -0.404. The number of nitrogens with zero attached hydrogens (tertiary/aromatic N) is 1. The minimum Gasteiger partial charge on any atom is -0.206 e. The third kappa shape index (κ3) is 1.37. The van der Waals surface area contributed by atoms with Crippen molar-refractivity contribution in [3.8, 4) is 6.07 Å². The van der Waals surface area contributed by atoms with Crippen LogP contribution in [0.3, 0.4) is 0 Å². The Morgan fingerprint density at radius 2 is 2.07 bits per heavy atom. The van der Waals surface area contributed by atoms with Crippen molar-refractivity contribution in [1.29, 1.82) is 5.26 Å². The summed E-state index contributed by atoms with van der Waals surface area (Å²) in [5.74, 6) is -2.62. The molecule has 0 saturated carbocycles. The van der Waals surface area contributed by atoms with Crippen LogP contribution in [0.2, 0.25) is 0 Å². The van der Waals surface area contributed by atoms with Crippen molar-refractivity contribution in [3.63, 3.8) is 0 Å². The number of hydrogen-bond acceptors (Lipinski definition) is 1. The van der Waals surface area contributed by atoms with Crippen LogP contribution in [0, 0.1) is 18.3 Å². The summed E-state index contributed by atoms with van der Waals surface area (Å²) in [6, 6.07) is 5.22. The monoisotopic (exact) mass is 193 g/mol. The van der Waals surface area contributed by atoms with Crippen molar-refractivity contribution in [2.24, 2.45) is 0 Å². The number of alkyl halides is 2. The van der Waals surface area contributed by atoms with E-state index in [4.69, 9.17) is 5.26 Å². The molecule has 1 aliphatic carbocycles. The van der Waals surface area contributed by atoms with Crippen LogP contribution in [0.1, 0.15) is 22.3 Å². The highest BCUT2D eigenvalue weighted by Gasteiger charge is 2.38. The van der Waals surface area contributed by atoms with Crippen LogP contribution in [-0.4, -0.2) is 5.92 Å². The van der Waals surface area contributed by atoms with E-state index in [1.165, 1.54) is 0 Å². The Bertz CT molecular complexity index is 430. The third-order valence-corrected chi connectivity index (χ3v) is 2.58. The summed E-state index contributed by atoms with van der Waals surface area (Å²) in [5.41, 5.74) is 2.62. The lowest BCUT2D eigenvalue weighted by Crippen LogP contribution is -2.14. The zero-order valence-corrected chi connectivity index (χ0v) is 7.77. The average molecular weight is 193 g/mol. The number of hydrogen-bond donors (Lipinski definition) is 0. The first-order valence-electron chi connectivity index (χ1n) is 4.42. The van der Waals surface area contributed by atoms with E-state index in [2.05, 4.69) is 0 Å². The summed E-state index contributed by atoms with van der Waals surface area (Å²) < 4.78 is 26.1. The summed E-state index contributed by atoms with van der Waals surface area (Å²) in [4.78, 5) is 0. The van der Waals surface area contributed by atoms with Gasteiger partial charge in [0.1, 0.15) is 0 Å². The average Bonchev–Trinajstić information content (AvgIpc) is 2.40. The predicted molar refractivity (Wildman–Crippen MR) is 48.2 cm³/mol. The van der Waals surface area contributed by atoms with Crippen LogP contribution < -0.4 is 0 Å². The highest BCUT2D eigenvalue weighted by Crippen LogP contribution is 2.36. The molecule has 1 aromatic rings. The zero-order valence-electron chi connectivity index (χ0n) is 7.77. The Hall–Kier alpha value is -1.43. The topological polar surface area (TPSA) is 23.8 Å². The van der Waals surface area contributed by atoms with Crippen LogP contribution in [-0.2, 0) is 12.8 Å². The quantitative estimate of drug-likeness (QED) is 0.621. The van der Waals surface area contributed by atoms with E-state index in [9.17, 15) is 8.78 Å². The molecule has 0 atom stereocenters. The molecular weight excluding hydrogens is 184 g/mol. The van der Waals surface area contributed by atoms with Crippen molar-refractivity contribution < 1.29 is 8.78 Å². The molecule has 72 valence electrons. The molecule has 0 aliphatic heterocycles. The largest absolute Gasteiger partial charge is 0.256 e. The van der Waals surface area contributed by atoms with Gasteiger partial charge in [0, 0.05) is 12.8 Å². The molecular formula is C11H9F2N. The smallest absolute Gasteiger partial charge is 0.206 e. The fourth-order valence-corrected chi connectivity index (χ4v) is 1.97. The van der Waals surface area contributed by atoms with E-state index < -0.39 is 5.92 Å². The molecule has 0 unspecified atom stereocenters. The van der Waals surface area contributed by atoms with Crippen LogP contribution >= 0.6 is 0 Å². The molecule has 0 aromatic heterocycles. The van der Waals surface area contributed by atoms with Crippen molar-refractivity contribution >= 4 is 0 Å². The molecule has 0 fully saturated rings. The zero-order chi connectivity index (χ0) is 10.3. The number of rotatable bonds is 0. The maximum Gasteiger partial charge on any atom is 0.256 e. The van der Waals surface area contributed by atoms with E-state index in [1.54, 1.807) is 19.1 Å². The van der Waals surface area contributed by atoms with Crippen molar-refractivity contribution in [3.05, 3.63) is 34.4 Å². The second-order valence-corrected chi connectivity index (χ2v) is 3.75. The van der Waals surface area contributed by atoms with E-state index in [0.29, 0.717) is 16.7 Å². The molecule has 0 N–H and O–H groups in total. The Labute approximate surface area is 81.0 Å². The summed E-state index contributed by atoms with van der Waals surface area (Å²) in [6.45, 7) is 1.78. The first-order chi connectivity index (χ1) is 6.52. The Balaban J connectivity index is 2.54. The van der Waals surface area contributed by atoms with Gasteiger partial charge in [0.2, 0.25) is 0 Å². The van der Waals surface area contributed by atoms with Crippen LogP contribution in [0.4, 0.5) is 8.78 Å². The van der Waals surface area contributed by atoms with Gasteiger partial charge in [0.05, 0.1) is 11.6 Å². The minimum atomic E-state index is -2.62. The van der Waals surface area contributed by atoms with E-state index in [0.717, 1.165) is 5.56 Å². The summed E-state index contributed by atoms with van der Waals surface area (Å²) >= 11 is 0. The lowest BCUT2D eigenvalue weighted by atomic mass is 10.0. The molecule has 2 rings (SSSR count). The maximum absolute atomic E-state index is 13.1. The highest BCUT2D eigenvalue weighted by atomic mass is 19.3. The molecule has 0 amide bonds. The predicted octanol–water partition coefficient (Wildman–Crippen LogP) is 2.60. The standard InChI is InChI=1S/C11H9F2N/c1-7-2-8(6-14)3-9-4-11(12,13)5-10(7)9/h2-3H,4-5H2,1H3. The summed E-state index contributed by atoms with van der Waals surface area (Å²) in [7, 11) is 0. The van der Waals surface area contributed by atoms with Gasteiger partial charge in [-0.15, -0.1) is 0 Å². The number of halogens is 2. The number of fused-ring (bicyclic) bond motifs is 1. The van der Waals surface area contributed by atoms with Crippen LogP contribution in [0.25, 0.3) is 0 Å².